The molecule has 0 aliphatic heterocycles. The lowest BCUT2D eigenvalue weighted by molar-refractivity contribution is 0.0727. The number of para-hydroxylation sites is 1. The molecule has 0 aromatic heterocycles. The number of aldehydes is 1. The normalized spacial score (nSPS) is 9.90. The lowest BCUT2D eigenvalue weighted by Gasteiger charge is -2.11. The van der Waals surface area contributed by atoms with E-state index in [1.54, 1.807) is 42.5 Å². The minimum atomic E-state index is -0.565. The molecule has 102 valence electrons. The Balaban J connectivity index is 2.37. The van der Waals surface area contributed by atoms with E-state index in [9.17, 15) is 9.59 Å². The first-order valence-electron chi connectivity index (χ1n) is 5.76. The third-order valence-electron chi connectivity index (χ3n) is 2.64. The summed E-state index contributed by atoms with van der Waals surface area (Å²) in [5.41, 5.74) is 0.625. The maximum Gasteiger partial charge on any atom is 0.344 e. The minimum absolute atomic E-state index is 0.116. The molecule has 0 heterocycles. The van der Waals surface area contributed by atoms with Crippen molar-refractivity contribution in [3.05, 3.63) is 58.1 Å². The standard InChI is InChI=1S/C15H11BrO4/c1-19-13-8-4-5-10(9-17)14(13)20-15(18)11-6-2-3-7-12(11)16/h2-9H,1H3. The van der Waals surface area contributed by atoms with Crippen LogP contribution in [0.25, 0.3) is 0 Å². The highest BCUT2D eigenvalue weighted by Crippen LogP contribution is 2.31. The van der Waals surface area contributed by atoms with Gasteiger partial charge in [0, 0.05) is 4.47 Å². The fraction of sp³-hybridized carbons (Fsp3) is 0.0667. The van der Waals surface area contributed by atoms with Gasteiger partial charge in [-0.1, -0.05) is 18.2 Å². The van der Waals surface area contributed by atoms with Crippen LogP contribution in [0.3, 0.4) is 0 Å². The van der Waals surface area contributed by atoms with Crippen LogP contribution in [0.5, 0.6) is 11.5 Å². The van der Waals surface area contributed by atoms with Crippen molar-refractivity contribution >= 4 is 28.2 Å². The van der Waals surface area contributed by atoms with Crippen LogP contribution < -0.4 is 9.47 Å². The largest absolute Gasteiger partial charge is 0.493 e. The van der Waals surface area contributed by atoms with Gasteiger partial charge in [0.25, 0.3) is 0 Å². The maximum atomic E-state index is 12.1. The Kier molecular flexibility index (Phi) is 4.53. The van der Waals surface area contributed by atoms with E-state index in [1.165, 1.54) is 7.11 Å². The van der Waals surface area contributed by atoms with E-state index in [1.807, 2.05) is 0 Å². The molecule has 20 heavy (non-hydrogen) atoms. The Morgan fingerprint density at radius 3 is 2.55 bits per heavy atom. The van der Waals surface area contributed by atoms with Crippen LogP contribution in [0.1, 0.15) is 20.7 Å². The molecule has 0 bridgehead atoms. The van der Waals surface area contributed by atoms with Gasteiger partial charge in [-0.15, -0.1) is 0 Å². The molecule has 4 nitrogen and oxygen atoms in total. The van der Waals surface area contributed by atoms with Crippen LogP contribution in [-0.2, 0) is 0 Å². The summed E-state index contributed by atoms with van der Waals surface area (Å²) in [6.45, 7) is 0. The Morgan fingerprint density at radius 1 is 1.15 bits per heavy atom. The van der Waals surface area contributed by atoms with Gasteiger partial charge in [-0.05, 0) is 40.2 Å². The van der Waals surface area contributed by atoms with Crippen LogP contribution in [0.4, 0.5) is 0 Å². The molecular formula is C15H11BrO4. The average molecular weight is 335 g/mol. The number of rotatable bonds is 4. The number of methoxy groups -OCH3 is 1. The van der Waals surface area contributed by atoms with Crippen LogP contribution in [-0.4, -0.2) is 19.4 Å². The highest BCUT2D eigenvalue weighted by Gasteiger charge is 2.17. The van der Waals surface area contributed by atoms with Gasteiger partial charge in [0.1, 0.15) is 0 Å². The molecule has 0 saturated carbocycles. The lowest BCUT2D eigenvalue weighted by Crippen LogP contribution is -2.11. The second-order valence-electron chi connectivity index (χ2n) is 3.87. The molecule has 0 unspecified atom stereocenters. The number of carbonyl (C=O) groups is 2. The molecule has 0 aliphatic carbocycles. The zero-order chi connectivity index (χ0) is 14.5. The fourth-order valence-corrected chi connectivity index (χ4v) is 2.12. The third-order valence-corrected chi connectivity index (χ3v) is 3.34. The molecule has 0 amide bonds. The van der Waals surface area contributed by atoms with E-state index in [2.05, 4.69) is 15.9 Å². The van der Waals surface area contributed by atoms with Crippen molar-refractivity contribution < 1.29 is 19.1 Å². The van der Waals surface area contributed by atoms with Gasteiger partial charge in [0.05, 0.1) is 18.2 Å². The predicted molar refractivity (Wildman–Crippen MR) is 77.5 cm³/mol. The third kappa shape index (κ3) is 2.88. The monoisotopic (exact) mass is 334 g/mol. The van der Waals surface area contributed by atoms with Crippen LogP contribution in [0.2, 0.25) is 0 Å². The van der Waals surface area contributed by atoms with E-state index < -0.39 is 5.97 Å². The summed E-state index contributed by atoms with van der Waals surface area (Å²) in [5.74, 6) is -0.120. The van der Waals surface area contributed by atoms with E-state index in [0.29, 0.717) is 22.1 Å². The lowest BCUT2D eigenvalue weighted by atomic mass is 10.2. The summed E-state index contributed by atoms with van der Waals surface area (Å²) in [4.78, 5) is 23.2. The van der Waals surface area contributed by atoms with Gasteiger partial charge in [0.2, 0.25) is 0 Å². The highest BCUT2D eigenvalue weighted by molar-refractivity contribution is 9.10. The molecule has 0 spiro atoms. The van der Waals surface area contributed by atoms with Crippen LogP contribution in [0, 0.1) is 0 Å². The Hall–Kier alpha value is -2.14. The fourth-order valence-electron chi connectivity index (χ4n) is 1.67. The van der Waals surface area contributed by atoms with Crippen molar-refractivity contribution in [2.45, 2.75) is 0 Å². The van der Waals surface area contributed by atoms with Crippen LogP contribution >= 0.6 is 15.9 Å². The summed E-state index contributed by atoms with van der Waals surface area (Å²) in [7, 11) is 1.44. The molecule has 0 radical (unpaired) electrons. The topological polar surface area (TPSA) is 52.6 Å². The van der Waals surface area contributed by atoms with E-state index >= 15 is 0 Å². The van der Waals surface area contributed by atoms with E-state index in [-0.39, 0.29) is 11.3 Å². The van der Waals surface area contributed by atoms with Crippen molar-refractivity contribution in [2.75, 3.05) is 7.11 Å². The maximum absolute atomic E-state index is 12.1. The van der Waals surface area contributed by atoms with Crippen LogP contribution in [0.15, 0.2) is 46.9 Å². The van der Waals surface area contributed by atoms with Crippen molar-refractivity contribution in [3.8, 4) is 11.5 Å². The smallest absolute Gasteiger partial charge is 0.344 e. The highest BCUT2D eigenvalue weighted by atomic mass is 79.9. The van der Waals surface area contributed by atoms with Crippen molar-refractivity contribution in [2.24, 2.45) is 0 Å². The molecular weight excluding hydrogens is 324 g/mol. The number of hydrogen-bond donors (Lipinski definition) is 0. The Bertz CT molecular complexity index is 652. The van der Waals surface area contributed by atoms with E-state index in [0.717, 1.165) is 0 Å². The minimum Gasteiger partial charge on any atom is -0.493 e. The second-order valence-corrected chi connectivity index (χ2v) is 4.72. The Morgan fingerprint density at radius 2 is 1.90 bits per heavy atom. The number of esters is 1. The summed E-state index contributed by atoms with van der Waals surface area (Å²) < 4.78 is 11.0. The average Bonchev–Trinajstić information content (AvgIpc) is 2.47. The zero-order valence-electron chi connectivity index (χ0n) is 10.6. The van der Waals surface area contributed by atoms with E-state index in [4.69, 9.17) is 9.47 Å². The summed E-state index contributed by atoms with van der Waals surface area (Å²) >= 11 is 3.28. The predicted octanol–water partition coefficient (Wildman–Crippen LogP) is 3.49. The van der Waals surface area contributed by atoms with Gasteiger partial charge in [-0.2, -0.15) is 0 Å². The molecule has 0 saturated heterocycles. The number of benzene rings is 2. The van der Waals surface area contributed by atoms with Gasteiger partial charge >= 0.3 is 5.97 Å². The molecule has 0 N–H and O–H groups in total. The molecule has 0 aliphatic rings. The number of carbonyl (C=O) groups excluding carboxylic acids is 2. The first-order chi connectivity index (χ1) is 9.67. The van der Waals surface area contributed by atoms with Crippen molar-refractivity contribution in [1.29, 1.82) is 0 Å². The quantitative estimate of drug-likeness (QED) is 0.488. The van der Waals surface area contributed by atoms with Gasteiger partial charge < -0.3 is 9.47 Å². The molecule has 2 aromatic carbocycles. The number of halogens is 1. The molecule has 2 aromatic rings. The molecule has 0 atom stereocenters. The summed E-state index contributed by atoms with van der Waals surface area (Å²) in [6, 6.07) is 11.7. The summed E-state index contributed by atoms with van der Waals surface area (Å²) in [5, 5.41) is 0. The first-order valence-corrected chi connectivity index (χ1v) is 6.55. The van der Waals surface area contributed by atoms with Gasteiger partial charge in [0.15, 0.2) is 17.8 Å². The van der Waals surface area contributed by atoms with Gasteiger partial charge in [-0.25, -0.2) is 4.79 Å². The molecule has 2 rings (SSSR count). The molecule has 5 heteroatoms. The van der Waals surface area contributed by atoms with Gasteiger partial charge in [-0.3, -0.25) is 4.79 Å². The number of ether oxygens (including phenoxy) is 2. The molecule has 0 fully saturated rings. The Labute approximate surface area is 124 Å². The summed E-state index contributed by atoms with van der Waals surface area (Å²) in [6.07, 6.45) is 0.616. The second kappa shape index (κ2) is 6.34. The van der Waals surface area contributed by atoms with Crippen molar-refractivity contribution in [1.82, 2.24) is 0 Å². The zero-order valence-corrected chi connectivity index (χ0v) is 12.2. The SMILES string of the molecule is COc1cccc(C=O)c1OC(=O)c1ccccc1Br. The number of hydrogen-bond acceptors (Lipinski definition) is 4. The van der Waals surface area contributed by atoms with Crippen molar-refractivity contribution in [3.63, 3.8) is 0 Å². The first kappa shape index (κ1) is 14.3.